The molecule has 1 aromatic heterocycles. The molecule has 1 amide bonds. The minimum atomic E-state index is -3.67. The summed E-state index contributed by atoms with van der Waals surface area (Å²) in [5.41, 5.74) is 1.25. The lowest BCUT2D eigenvalue weighted by Crippen LogP contribution is -2.29. The minimum Gasteiger partial charge on any atom is -0.491 e. The smallest absolute Gasteiger partial charge is 0.270 e. The van der Waals surface area contributed by atoms with Crippen molar-refractivity contribution in [1.29, 1.82) is 0 Å². The standard InChI is InChI=1S/C27H32N2O6S/c1-20(2)21(3)36(31,32)34-18-17-33-26-15-9-8-11-23(26)19-29(22(4)30)25-14-10-16-28-27(25)35-24-12-6-5-7-13-24/h5-16,20-21H,17-19H2,1-4H3. The lowest BCUT2D eigenvalue weighted by Gasteiger charge is -2.24. The van der Waals surface area contributed by atoms with Gasteiger partial charge in [0, 0.05) is 18.7 Å². The van der Waals surface area contributed by atoms with Gasteiger partial charge in [0.25, 0.3) is 10.1 Å². The van der Waals surface area contributed by atoms with Gasteiger partial charge in [-0.2, -0.15) is 8.42 Å². The van der Waals surface area contributed by atoms with Gasteiger partial charge in [-0.25, -0.2) is 4.98 Å². The number of hydrogen-bond acceptors (Lipinski definition) is 7. The van der Waals surface area contributed by atoms with Gasteiger partial charge in [-0.3, -0.25) is 8.98 Å². The van der Waals surface area contributed by atoms with Crippen molar-refractivity contribution in [2.75, 3.05) is 18.1 Å². The highest BCUT2D eigenvalue weighted by Crippen LogP contribution is 2.32. The first kappa shape index (κ1) is 27.2. The molecule has 1 unspecified atom stereocenters. The molecular formula is C27H32N2O6S. The van der Waals surface area contributed by atoms with E-state index < -0.39 is 15.4 Å². The van der Waals surface area contributed by atoms with Crippen molar-refractivity contribution in [3.05, 3.63) is 78.5 Å². The van der Waals surface area contributed by atoms with E-state index in [9.17, 15) is 13.2 Å². The van der Waals surface area contributed by atoms with Crippen molar-refractivity contribution in [2.45, 2.75) is 39.5 Å². The third-order valence-corrected chi connectivity index (χ3v) is 7.61. The molecule has 2 aromatic carbocycles. The second-order valence-corrected chi connectivity index (χ2v) is 10.5. The van der Waals surface area contributed by atoms with Gasteiger partial charge in [-0.1, -0.05) is 50.2 Å². The van der Waals surface area contributed by atoms with Gasteiger partial charge < -0.3 is 14.4 Å². The van der Waals surface area contributed by atoms with Gasteiger partial charge in [-0.15, -0.1) is 0 Å². The van der Waals surface area contributed by atoms with Gasteiger partial charge in [0.15, 0.2) is 0 Å². The highest BCUT2D eigenvalue weighted by atomic mass is 32.2. The molecule has 0 radical (unpaired) electrons. The highest BCUT2D eigenvalue weighted by Gasteiger charge is 2.25. The van der Waals surface area contributed by atoms with Crippen molar-refractivity contribution >= 4 is 21.7 Å². The molecule has 8 nitrogen and oxygen atoms in total. The Morgan fingerprint density at radius 1 is 0.944 bits per heavy atom. The maximum atomic E-state index is 12.7. The molecule has 9 heteroatoms. The molecule has 0 fully saturated rings. The van der Waals surface area contributed by atoms with Gasteiger partial charge in [0.05, 0.1) is 11.8 Å². The van der Waals surface area contributed by atoms with Crippen molar-refractivity contribution in [3.63, 3.8) is 0 Å². The Hall–Kier alpha value is -3.43. The summed E-state index contributed by atoms with van der Waals surface area (Å²) in [7, 11) is -3.67. The molecule has 1 atom stereocenters. The summed E-state index contributed by atoms with van der Waals surface area (Å²) >= 11 is 0. The number of amides is 1. The number of carbonyl (C=O) groups is 1. The van der Waals surface area contributed by atoms with Crippen LogP contribution in [0.4, 0.5) is 5.69 Å². The Labute approximate surface area is 213 Å². The van der Waals surface area contributed by atoms with E-state index in [0.29, 0.717) is 23.1 Å². The van der Waals surface area contributed by atoms with Gasteiger partial charge in [0.2, 0.25) is 11.8 Å². The number of carbonyl (C=O) groups excluding carboxylic acids is 1. The minimum absolute atomic E-state index is 0.0381. The summed E-state index contributed by atoms with van der Waals surface area (Å²) in [5, 5.41) is -0.610. The molecule has 3 rings (SSSR count). The molecule has 0 saturated carbocycles. The largest absolute Gasteiger partial charge is 0.491 e. The molecule has 36 heavy (non-hydrogen) atoms. The van der Waals surface area contributed by atoms with Crippen LogP contribution in [0.25, 0.3) is 0 Å². The fourth-order valence-electron chi connectivity index (χ4n) is 3.32. The molecule has 3 aromatic rings. The van der Waals surface area contributed by atoms with E-state index in [0.717, 1.165) is 5.56 Å². The van der Waals surface area contributed by atoms with E-state index >= 15 is 0 Å². The number of pyridine rings is 1. The molecule has 0 aliphatic rings. The van der Waals surface area contributed by atoms with Crippen molar-refractivity contribution in [1.82, 2.24) is 4.98 Å². The molecule has 0 saturated heterocycles. The Kier molecular flexibility index (Phi) is 9.44. The van der Waals surface area contributed by atoms with Crippen LogP contribution < -0.4 is 14.4 Å². The van der Waals surface area contributed by atoms with Crippen molar-refractivity contribution < 1.29 is 26.9 Å². The van der Waals surface area contributed by atoms with Crippen LogP contribution in [0.1, 0.15) is 33.3 Å². The molecule has 0 N–H and O–H groups in total. The maximum absolute atomic E-state index is 12.7. The highest BCUT2D eigenvalue weighted by molar-refractivity contribution is 7.87. The predicted octanol–water partition coefficient (Wildman–Crippen LogP) is 5.20. The second-order valence-electron chi connectivity index (χ2n) is 8.57. The number of anilines is 1. The number of rotatable bonds is 12. The fourth-order valence-corrected chi connectivity index (χ4v) is 4.50. The van der Waals surface area contributed by atoms with Gasteiger partial charge in [0.1, 0.15) is 30.4 Å². The van der Waals surface area contributed by atoms with E-state index in [4.69, 9.17) is 13.7 Å². The lowest BCUT2D eigenvalue weighted by molar-refractivity contribution is -0.116. The summed E-state index contributed by atoms with van der Waals surface area (Å²) in [5.74, 6) is 1.17. The van der Waals surface area contributed by atoms with Gasteiger partial charge in [-0.05, 0) is 43.2 Å². The Morgan fingerprint density at radius 3 is 2.33 bits per heavy atom. The van der Waals surface area contributed by atoms with Crippen molar-refractivity contribution in [2.24, 2.45) is 5.92 Å². The topological polar surface area (TPSA) is 95.0 Å². The third-order valence-electron chi connectivity index (χ3n) is 5.66. The number of nitrogens with zero attached hydrogens (tertiary/aromatic N) is 2. The lowest BCUT2D eigenvalue weighted by atomic mass is 10.1. The van der Waals surface area contributed by atoms with Crippen molar-refractivity contribution in [3.8, 4) is 17.4 Å². The summed E-state index contributed by atoms with van der Waals surface area (Å²) in [4.78, 5) is 18.6. The van der Waals surface area contributed by atoms with Crippen LogP contribution in [0.3, 0.4) is 0 Å². The molecule has 0 aliphatic heterocycles. The zero-order valence-electron chi connectivity index (χ0n) is 21.0. The average Bonchev–Trinajstić information content (AvgIpc) is 2.86. The zero-order chi connectivity index (χ0) is 26.1. The molecule has 192 valence electrons. The van der Waals surface area contributed by atoms with Crippen LogP contribution in [0, 0.1) is 5.92 Å². The van der Waals surface area contributed by atoms with E-state index in [1.165, 1.54) is 6.92 Å². The van der Waals surface area contributed by atoms with Crippen LogP contribution in [-0.2, 0) is 25.6 Å². The first-order valence-electron chi connectivity index (χ1n) is 11.7. The van der Waals surface area contributed by atoms with Crippen LogP contribution in [0.15, 0.2) is 72.9 Å². The molecule has 0 aliphatic carbocycles. The summed E-state index contributed by atoms with van der Waals surface area (Å²) < 4.78 is 41.4. The second kappa shape index (κ2) is 12.5. The Bertz CT molecular complexity index is 1250. The average molecular weight is 513 g/mol. The number of benzene rings is 2. The Morgan fingerprint density at radius 2 is 1.64 bits per heavy atom. The van der Waals surface area contributed by atoms with Crippen LogP contribution in [0.2, 0.25) is 0 Å². The Balaban J connectivity index is 1.74. The summed E-state index contributed by atoms with van der Waals surface area (Å²) in [6, 6.07) is 20.0. The number of ether oxygens (including phenoxy) is 2. The zero-order valence-corrected chi connectivity index (χ0v) is 21.8. The van der Waals surface area contributed by atoms with Gasteiger partial charge >= 0.3 is 0 Å². The monoisotopic (exact) mass is 512 g/mol. The SMILES string of the molecule is CC(=O)N(Cc1ccccc1OCCOS(=O)(=O)C(C)C(C)C)c1cccnc1Oc1ccccc1. The maximum Gasteiger partial charge on any atom is 0.270 e. The first-order valence-corrected chi connectivity index (χ1v) is 13.2. The van der Waals surface area contributed by atoms with E-state index in [1.54, 1.807) is 36.2 Å². The molecule has 1 heterocycles. The number of hydrogen-bond donors (Lipinski definition) is 0. The molecular weight excluding hydrogens is 480 g/mol. The summed E-state index contributed by atoms with van der Waals surface area (Å²) in [6.45, 7) is 6.89. The normalized spacial score (nSPS) is 12.2. The number of para-hydroxylation sites is 2. The first-order chi connectivity index (χ1) is 17.2. The van der Waals surface area contributed by atoms with Crippen LogP contribution in [-0.4, -0.2) is 37.8 Å². The number of aromatic nitrogens is 1. The van der Waals surface area contributed by atoms with E-state index in [-0.39, 0.29) is 31.6 Å². The van der Waals surface area contributed by atoms with E-state index in [2.05, 4.69) is 4.98 Å². The van der Waals surface area contributed by atoms with Crippen LogP contribution >= 0.6 is 0 Å². The fraction of sp³-hybridized carbons (Fsp3) is 0.333. The summed E-state index contributed by atoms with van der Waals surface area (Å²) in [6.07, 6.45) is 1.60. The quantitative estimate of drug-likeness (QED) is 0.243. The molecule has 0 bridgehead atoms. The van der Waals surface area contributed by atoms with E-state index in [1.807, 2.05) is 62.4 Å². The third kappa shape index (κ3) is 7.29. The predicted molar refractivity (Wildman–Crippen MR) is 139 cm³/mol. The molecule has 0 spiro atoms. The van der Waals surface area contributed by atoms with Crippen LogP contribution in [0.5, 0.6) is 17.4 Å².